The summed E-state index contributed by atoms with van der Waals surface area (Å²) in [6.07, 6.45) is 2.19. The summed E-state index contributed by atoms with van der Waals surface area (Å²) in [5, 5.41) is 8.89. The fourth-order valence-corrected chi connectivity index (χ4v) is 2.35. The van der Waals surface area contributed by atoms with Crippen LogP contribution < -0.4 is 0 Å². The van der Waals surface area contributed by atoms with Gasteiger partial charge < -0.3 is 0 Å². The van der Waals surface area contributed by atoms with Crippen LogP contribution in [-0.2, 0) is 0 Å². The van der Waals surface area contributed by atoms with Crippen molar-refractivity contribution in [1.82, 2.24) is 4.90 Å². The van der Waals surface area contributed by atoms with E-state index in [1.807, 2.05) is 0 Å². The van der Waals surface area contributed by atoms with Gasteiger partial charge in [0.25, 0.3) is 0 Å². The molecule has 1 aliphatic rings. The van der Waals surface area contributed by atoms with E-state index in [0.717, 1.165) is 13.0 Å². The molecule has 0 aromatic carbocycles. The van der Waals surface area contributed by atoms with Gasteiger partial charge in [-0.1, -0.05) is 6.92 Å². The van der Waals surface area contributed by atoms with Crippen molar-refractivity contribution in [3.8, 4) is 6.07 Å². The van der Waals surface area contributed by atoms with Gasteiger partial charge in [-0.2, -0.15) is 5.26 Å². The Hall–Kier alpha value is -0.550. The molecule has 1 aliphatic heterocycles. The molecule has 0 radical (unpaired) electrons. The summed E-state index contributed by atoms with van der Waals surface area (Å²) >= 11 is 0. The molecule has 1 rings (SSSR count). The number of hydrogen-bond acceptors (Lipinski definition) is 2. The summed E-state index contributed by atoms with van der Waals surface area (Å²) in [6, 6.07) is 2.99. The maximum Gasteiger partial charge on any atom is 0.0670 e. The van der Waals surface area contributed by atoms with Crippen molar-refractivity contribution in [1.29, 1.82) is 5.26 Å². The minimum Gasteiger partial charge on any atom is -0.294 e. The maximum absolute atomic E-state index is 8.89. The number of rotatable bonds is 2. The number of nitrogens with zero attached hydrogens (tertiary/aromatic N) is 2. The lowest BCUT2D eigenvalue weighted by atomic mass is 9.96. The van der Waals surface area contributed by atoms with Crippen LogP contribution in [0, 0.1) is 17.2 Å². The first-order valence-electron chi connectivity index (χ1n) is 5.17. The third-order valence-corrected chi connectivity index (χ3v) is 3.25. The van der Waals surface area contributed by atoms with Gasteiger partial charge in [0.05, 0.1) is 12.0 Å². The number of nitriles is 1. The average Bonchev–Trinajstić information content (AvgIpc) is 2.39. The van der Waals surface area contributed by atoms with Gasteiger partial charge >= 0.3 is 0 Å². The van der Waals surface area contributed by atoms with E-state index in [4.69, 9.17) is 5.26 Å². The highest BCUT2D eigenvalue weighted by atomic mass is 15.2. The molecule has 0 amide bonds. The Morgan fingerprint density at radius 1 is 1.62 bits per heavy atom. The largest absolute Gasteiger partial charge is 0.294 e. The van der Waals surface area contributed by atoms with E-state index in [-0.39, 0.29) is 11.5 Å². The normalized spacial score (nSPS) is 29.9. The van der Waals surface area contributed by atoms with Gasteiger partial charge in [0, 0.05) is 18.1 Å². The van der Waals surface area contributed by atoms with E-state index < -0.39 is 0 Å². The van der Waals surface area contributed by atoms with Crippen molar-refractivity contribution < 1.29 is 0 Å². The van der Waals surface area contributed by atoms with Gasteiger partial charge in [-0.25, -0.2) is 0 Å². The van der Waals surface area contributed by atoms with Gasteiger partial charge in [-0.3, -0.25) is 4.90 Å². The Morgan fingerprint density at radius 2 is 2.23 bits per heavy atom. The van der Waals surface area contributed by atoms with Gasteiger partial charge in [0.1, 0.15) is 0 Å². The fraction of sp³-hybridized carbons (Fsp3) is 0.909. The first kappa shape index (κ1) is 10.5. The van der Waals surface area contributed by atoms with Crippen LogP contribution >= 0.6 is 0 Å². The van der Waals surface area contributed by atoms with Crippen LogP contribution in [0.2, 0.25) is 0 Å². The Morgan fingerprint density at radius 3 is 2.62 bits per heavy atom. The van der Waals surface area contributed by atoms with E-state index in [9.17, 15) is 0 Å². The molecule has 0 N–H and O–H groups in total. The van der Waals surface area contributed by atoms with Crippen molar-refractivity contribution >= 4 is 0 Å². The third-order valence-electron chi connectivity index (χ3n) is 3.25. The topological polar surface area (TPSA) is 27.0 Å². The second-order valence-electron chi connectivity index (χ2n) is 4.75. The monoisotopic (exact) mass is 180 g/mol. The quantitative estimate of drug-likeness (QED) is 0.652. The van der Waals surface area contributed by atoms with E-state index in [2.05, 4.69) is 38.7 Å². The molecule has 0 aromatic rings. The van der Waals surface area contributed by atoms with Crippen LogP contribution in [0.25, 0.3) is 0 Å². The Bertz CT molecular complexity index is 215. The third kappa shape index (κ3) is 2.03. The molecule has 74 valence electrons. The molecule has 2 atom stereocenters. The van der Waals surface area contributed by atoms with Crippen molar-refractivity contribution in [3.05, 3.63) is 0 Å². The SMILES string of the molecule is CCC(C)N1CC(C#N)CC1(C)C. The Balaban J connectivity index is 2.71. The van der Waals surface area contributed by atoms with Gasteiger partial charge in [-0.05, 0) is 33.6 Å². The summed E-state index contributed by atoms with van der Waals surface area (Å²) in [5.74, 6) is 0.240. The molecule has 0 aliphatic carbocycles. The van der Waals surface area contributed by atoms with Crippen molar-refractivity contribution in [2.75, 3.05) is 6.54 Å². The molecular formula is C11H20N2. The Labute approximate surface area is 81.5 Å². The van der Waals surface area contributed by atoms with Gasteiger partial charge in [0.2, 0.25) is 0 Å². The standard InChI is InChI=1S/C11H20N2/c1-5-9(2)13-8-10(7-12)6-11(13,3)4/h9-10H,5-6,8H2,1-4H3. The fourth-order valence-electron chi connectivity index (χ4n) is 2.35. The zero-order chi connectivity index (χ0) is 10.1. The molecule has 0 spiro atoms. The summed E-state index contributed by atoms with van der Waals surface area (Å²) < 4.78 is 0. The molecule has 1 heterocycles. The van der Waals surface area contributed by atoms with Crippen molar-refractivity contribution in [2.24, 2.45) is 5.92 Å². The molecule has 1 saturated heterocycles. The molecule has 2 heteroatoms. The second-order valence-corrected chi connectivity index (χ2v) is 4.75. The Kier molecular flexibility index (Phi) is 2.98. The smallest absolute Gasteiger partial charge is 0.0670 e. The van der Waals surface area contributed by atoms with Crippen LogP contribution in [0.3, 0.4) is 0 Å². The second kappa shape index (κ2) is 3.67. The maximum atomic E-state index is 8.89. The molecule has 2 unspecified atom stereocenters. The summed E-state index contributed by atoms with van der Waals surface area (Å²) in [4.78, 5) is 2.47. The first-order valence-corrected chi connectivity index (χ1v) is 5.17. The highest BCUT2D eigenvalue weighted by Crippen LogP contribution is 2.34. The molecule has 2 nitrogen and oxygen atoms in total. The van der Waals surface area contributed by atoms with Crippen LogP contribution in [0.15, 0.2) is 0 Å². The molecule has 1 fully saturated rings. The average molecular weight is 180 g/mol. The van der Waals surface area contributed by atoms with Crippen LogP contribution in [0.1, 0.15) is 40.5 Å². The molecular weight excluding hydrogens is 160 g/mol. The summed E-state index contributed by atoms with van der Waals surface area (Å²) in [6.45, 7) is 9.91. The molecule has 0 aromatic heterocycles. The zero-order valence-corrected chi connectivity index (χ0v) is 9.17. The number of hydrogen-bond donors (Lipinski definition) is 0. The highest BCUT2D eigenvalue weighted by Gasteiger charge is 2.39. The van der Waals surface area contributed by atoms with E-state index >= 15 is 0 Å². The van der Waals surface area contributed by atoms with Crippen LogP contribution in [-0.4, -0.2) is 23.0 Å². The van der Waals surface area contributed by atoms with E-state index in [1.54, 1.807) is 0 Å². The lowest BCUT2D eigenvalue weighted by Crippen LogP contribution is -2.43. The van der Waals surface area contributed by atoms with Gasteiger partial charge in [0.15, 0.2) is 0 Å². The predicted octanol–water partition coefficient (Wildman–Crippen LogP) is 2.41. The van der Waals surface area contributed by atoms with Crippen LogP contribution in [0.5, 0.6) is 0 Å². The summed E-state index contributed by atoms with van der Waals surface area (Å²) in [5.41, 5.74) is 0.218. The minimum atomic E-state index is 0.218. The minimum absolute atomic E-state index is 0.218. The molecule has 0 bridgehead atoms. The lowest BCUT2D eigenvalue weighted by molar-refractivity contribution is 0.122. The van der Waals surface area contributed by atoms with Crippen molar-refractivity contribution in [2.45, 2.75) is 52.1 Å². The molecule has 0 saturated carbocycles. The van der Waals surface area contributed by atoms with Crippen LogP contribution in [0.4, 0.5) is 0 Å². The van der Waals surface area contributed by atoms with Gasteiger partial charge in [-0.15, -0.1) is 0 Å². The first-order chi connectivity index (χ1) is 6.01. The summed E-state index contributed by atoms with van der Waals surface area (Å²) in [7, 11) is 0. The van der Waals surface area contributed by atoms with E-state index in [0.29, 0.717) is 6.04 Å². The predicted molar refractivity (Wildman–Crippen MR) is 54.3 cm³/mol. The van der Waals surface area contributed by atoms with Crippen molar-refractivity contribution in [3.63, 3.8) is 0 Å². The zero-order valence-electron chi connectivity index (χ0n) is 9.17. The van der Waals surface area contributed by atoms with E-state index in [1.165, 1.54) is 6.42 Å². The number of likely N-dealkylation sites (tertiary alicyclic amines) is 1. The highest BCUT2D eigenvalue weighted by molar-refractivity contribution is 5.02. The lowest BCUT2D eigenvalue weighted by Gasteiger charge is -2.36. The molecule has 13 heavy (non-hydrogen) atoms.